The molecule has 39 heavy (non-hydrogen) atoms. The Hall–Kier alpha value is -3.41. The number of unbranched alkanes of at least 4 members (excludes halogenated alkanes) is 3. The van der Waals surface area contributed by atoms with Crippen molar-refractivity contribution in [1.82, 2.24) is 4.90 Å². The van der Waals surface area contributed by atoms with Crippen molar-refractivity contribution in [2.45, 2.75) is 57.7 Å². The standard InChI is InChI=1S/C27H32F5NO6/c1-2-37-24(25(34)35)17-19-7-10-21(11-8-19)38-16-15-33(14-6-4-3-5-13-27(30,31)32)26(36)39-23-12-9-20(28)18-22(23)29/h7-12,18,24H,2-6,13-17H2,1H3,(H,34,35). The molecule has 0 saturated heterocycles. The summed E-state index contributed by atoms with van der Waals surface area (Å²) in [5.41, 5.74) is 0.722. The van der Waals surface area contributed by atoms with Crippen molar-refractivity contribution in [1.29, 1.82) is 0 Å². The fourth-order valence-corrected chi connectivity index (χ4v) is 3.62. The van der Waals surface area contributed by atoms with Crippen molar-refractivity contribution in [2.75, 3.05) is 26.3 Å². The van der Waals surface area contributed by atoms with E-state index in [9.17, 15) is 36.6 Å². The molecule has 0 radical (unpaired) electrons. The second-order valence-corrected chi connectivity index (χ2v) is 8.69. The number of carbonyl (C=O) groups is 2. The molecule has 12 heteroatoms. The zero-order valence-corrected chi connectivity index (χ0v) is 21.5. The molecule has 7 nitrogen and oxygen atoms in total. The summed E-state index contributed by atoms with van der Waals surface area (Å²) in [6.45, 7) is 2.14. The third-order valence-corrected chi connectivity index (χ3v) is 5.61. The zero-order chi connectivity index (χ0) is 28.8. The van der Waals surface area contributed by atoms with Gasteiger partial charge in [0.15, 0.2) is 17.7 Å². The molecule has 2 rings (SSSR count). The maximum Gasteiger partial charge on any atom is 0.415 e. The van der Waals surface area contributed by atoms with Crippen molar-refractivity contribution < 1.29 is 50.9 Å². The average Bonchev–Trinajstić information content (AvgIpc) is 2.86. The van der Waals surface area contributed by atoms with Crippen LogP contribution in [0, 0.1) is 11.6 Å². The predicted octanol–water partition coefficient (Wildman–Crippen LogP) is 6.39. The lowest BCUT2D eigenvalue weighted by Crippen LogP contribution is -2.37. The molecule has 0 spiro atoms. The molecular formula is C27H32F5NO6. The molecule has 0 aliphatic rings. The van der Waals surface area contributed by atoms with Crippen LogP contribution < -0.4 is 9.47 Å². The molecule has 0 aliphatic heterocycles. The van der Waals surface area contributed by atoms with Gasteiger partial charge in [-0.1, -0.05) is 25.0 Å². The second kappa shape index (κ2) is 15.9. The number of rotatable bonds is 16. The molecule has 0 aromatic heterocycles. The third-order valence-electron chi connectivity index (χ3n) is 5.61. The lowest BCUT2D eigenvalue weighted by Gasteiger charge is -2.22. The molecular weight excluding hydrogens is 529 g/mol. The molecule has 0 bridgehead atoms. The van der Waals surface area contributed by atoms with E-state index in [1.165, 1.54) is 4.90 Å². The van der Waals surface area contributed by atoms with Crippen molar-refractivity contribution in [3.8, 4) is 11.5 Å². The topological polar surface area (TPSA) is 85.3 Å². The summed E-state index contributed by atoms with van der Waals surface area (Å²) in [5.74, 6) is -2.96. The monoisotopic (exact) mass is 561 g/mol. The number of benzene rings is 2. The van der Waals surface area contributed by atoms with Gasteiger partial charge in [0.05, 0.1) is 6.54 Å². The first-order valence-corrected chi connectivity index (χ1v) is 12.5. The van der Waals surface area contributed by atoms with Gasteiger partial charge in [-0.05, 0) is 49.6 Å². The van der Waals surface area contributed by atoms with Gasteiger partial charge in [-0.25, -0.2) is 18.4 Å². The van der Waals surface area contributed by atoms with Crippen LogP contribution in [0.3, 0.4) is 0 Å². The number of hydrogen-bond donors (Lipinski definition) is 1. The largest absolute Gasteiger partial charge is 0.492 e. The summed E-state index contributed by atoms with van der Waals surface area (Å²) in [7, 11) is 0. The van der Waals surface area contributed by atoms with Crippen molar-refractivity contribution in [2.24, 2.45) is 0 Å². The number of alkyl halides is 3. The van der Waals surface area contributed by atoms with E-state index in [4.69, 9.17) is 14.2 Å². The van der Waals surface area contributed by atoms with Crippen molar-refractivity contribution in [3.05, 3.63) is 59.7 Å². The minimum atomic E-state index is -4.22. The molecule has 1 atom stereocenters. The first-order chi connectivity index (χ1) is 18.5. The van der Waals surface area contributed by atoms with Crippen molar-refractivity contribution in [3.63, 3.8) is 0 Å². The highest BCUT2D eigenvalue weighted by Gasteiger charge is 2.26. The van der Waals surface area contributed by atoms with E-state index in [1.807, 2.05) is 0 Å². The molecule has 0 fully saturated rings. The number of amides is 1. The van der Waals surface area contributed by atoms with Crippen LogP contribution >= 0.6 is 0 Å². The predicted molar refractivity (Wildman–Crippen MR) is 132 cm³/mol. The van der Waals surface area contributed by atoms with Gasteiger partial charge < -0.3 is 24.2 Å². The van der Waals surface area contributed by atoms with Crippen LogP contribution in [0.5, 0.6) is 11.5 Å². The van der Waals surface area contributed by atoms with Crippen LogP contribution in [0.25, 0.3) is 0 Å². The van der Waals surface area contributed by atoms with Crippen LogP contribution in [0.2, 0.25) is 0 Å². The van der Waals surface area contributed by atoms with Crippen LogP contribution in [0.4, 0.5) is 26.7 Å². The number of nitrogens with zero attached hydrogens (tertiary/aromatic N) is 1. The van der Waals surface area contributed by atoms with Gasteiger partial charge in [-0.15, -0.1) is 0 Å². The van der Waals surface area contributed by atoms with Gasteiger partial charge in [0, 0.05) is 32.1 Å². The Kier molecular flexibility index (Phi) is 12.9. The normalized spacial score (nSPS) is 12.2. The number of halogens is 5. The first kappa shape index (κ1) is 31.8. The molecule has 2 aromatic carbocycles. The number of carbonyl (C=O) groups excluding carboxylic acids is 1. The number of hydrogen-bond acceptors (Lipinski definition) is 5. The summed E-state index contributed by atoms with van der Waals surface area (Å²) in [5, 5.41) is 9.22. The highest BCUT2D eigenvalue weighted by molar-refractivity contribution is 5.72. The maximum atomic E-state index is 13.9. The van der Waals surface area contributed by atoms with E-state index in [0.29, 0.717) is 31.1 Å². The minimum absolute atomic E-state index is 0.0190. The van der Waals surface area contributed by atoms with E-state index < -0.39 is 48.1 Å². The second-order valence-electron chi connectivity index (χ2n) is 8.69. The van der Waals surface area contributed by atoms with Gasteiger partial charge in [0.1, 0.15) is 18.2 Å². The van der Waals surface area contributed by atoms with Gasteiger partial charge in [-0.2, -0.15) is 13.2 Å². The molecule has 2 aromatic rings. The Labute approximate surface area is 223 Å². The number of aliphatic carboxylic acids is 1. The van der Waals surface area contributed by atoms with Crippen LogP contribution in [-0.2, 0) is 16.0 Å². The summed E-state index contributed by atoms with van der Waals surface area (Å²) in [6, 6.07) is 9.15. The minimum Gasteiger partial charge on any atom is -0.492 e. The Bertz CT molecular complexity index is 1050. The quantitative estimate of drug-likeness (QED) is 0.189. The molecule has 216 valence electrons. The SMILES string of the molecule is CCOC(Cc1ccc(OCCN(CCCCCCC(F)(F)F)C(=O)Oc2ccc(F)cc2F)cc1)C(=O)O. The van der Waals surface area contributed by atoms with Gasteiger partial charge in [-0.3, -0.25) is 0 Å². The molecule has 1 amide bonds. The number of carboxylic acids is 1. The summed E-state index contributed by atoms with van der Waals surface area (Å²) in [4.78, 5) is 25.2. The molecule has 0 saturated carbocycles. The molecule has 0 aliphatic carbocycles. The summed E-state index contributed by atoms with van der Waals surface area (Å²) < 4.78 is 80.0. The maximum absolute atomic E-state index is 13.9. The number of ether oxygens (including phenoxy) is 3. The Morgan fingerprint density at radius 1 is 0.974 bits per heavy atom. The van der Waals surface area contributed by atoms with E-state index in [0.717, 1.165) is 17.7 Å². The Morgan fingerprint density at radius 3 is 2.28 bits per heavy atom. The van der Waals surface area contributed by atoms with Gasteiger partial charge in [0.25, 0.3) is 0 Å². The third kappa shape index (κ3) is 12.3. The molecule has 0 heterocycles. The molecule has 1 unspecified atom stereocenters. The zero-order valence-electron chi connectivity index (χ0n) is 21.5. The first-order valence-electron chi connectivity index (χ1n) is 12.5. The van der Waals surface area contributed by atoms with E-state index in [2.05, 4.69) is 0 Å². The van der Waals surface area contributed by atoms with Gasteiger partial charge >= 0.3 is 18.2 Å². The van der Waals surface area contributed by atoms with Crippen molar-refractivity contribution >= 4 is 12.1 Å². The Morgan fingerprint density at radius 2 is 1.67 bits per heavy atom. The lowest BCUT2D eigenvalue weighted by molar-refractivity contribution is -0.150. The Balaban J connectivity index is 1.93. The van der Waals surface area contributed by atoms with Crippen LogP contribution in [0.15, 0.2) is 42.5 Å². The van der Waals surface area contributed by atoms with E-state index in [1.54, 1.807) is 31.2 Å². The average molecular weight is 562 g/mol. The lowest BCUT2D eigenvalue weighted by atomic mass is 10.1. The van der Waals surface area contributed by atoms with E-state index in [-0.39, 0.29) is 39.1 Å². The molecule has 1 N–H and O–H groups in total. The van der Waals surface area contributed by atoms with Crippen LogP contribution in [0.1, 0.15) is 44.6 Å². The van der Waals surface area contributed by atoms with Crippen LogP contribution in [-0.4, -0.2) is 60.7 Å². The van der Waals surface area contributed by atoms with E-state index >= 15 is 0 Å². The summed E-state index contributed by atoms with van der Waals surface area (Å²) in [6.07, 6.45) is -5.68. The summed E-state index contributed by atoms with van der Waals surface area (Å²) >= 11 is 0. The number of carboxylic acid groups (broad SMARTS) is 1. The highest BCUT2D eigenvalue weighted by atomic mass is 19.4. The highest BCUT2D eigenvalue weighted by Crippen LogP contribution is 2.23. The van der Waals surface area contributed by atoms with Gasteiger partial charge in [0.2, 0.25) is 0 Å². The smallest absolute Gasteiger partial charge is 0.415 e. The fourth-order valence-electron chi connectivity index (χ4n) is 3.62. The fraction of sp³-hybridized carbons (Fsp3) is 0.481.